The highest BCUT2D eigenvalue weighted by atomic mass is 35.5. The molecule has 0 saturated heterocycles. The first kappa shape index (κ1) is 8.82. The van der Waals surface area contributed by atoms with Crippen molar-refractivity contribution in [3.63, 3.8) is 0 Å². The van der Waals surface area contributed by atoms with Crippen molar-refractivity contribution in [2.75, 3.05) is 0 Å². The second-order valence-corrected chi connectivity index (χ2v) is 0.500. The molecule has 0 radical (unpaired) electrons. The molecule has 0 amide bonds. The fourth-order valence-electron chi connectivity index (χ4n) is 0. The third-order valence-electron chi connectivity index (χ3n) is 0. The van der Waals surface area contributed by atoms with Crippen LogP contribution in [0.1, 0.15) is 0 Å². The zero-order valence-corrected chi connectivity index (χ0v) is 3.46. The van der Waals surface area contributed by atoms with Crippen LogP contribution in [0.4, 0.5) is 0 Å². The summed E-state index contributed by atoms with van der Waals surface area (Å²) >= 11 is 0. The normalized spacial score (nSPS) is 4.80. The van der Waals surface area contributed by atoms with Gasteiger partial charge in [0.1, 0.15) is 0 Å². The highest BCUT2D eigenvalue weighted by Crippen LogP contribution is 0.925. The van der Waals surface area contributed by atoms with E-state index >= 15 is 0 Å². The van der Waals surface area contributed by atoms with Crippen LogP contribution in [-0.2, 0) is 0 Å². The van der Waals surface area contributed by atoms with Crippen molar-refractivity contribution in [1.82, 2.24) is 0 Å². The highest BCUT2D eigenvalue weighted by Gasteiger charge is 1.64. The molecule has 0 rings (SSSR count). The van der Waals surface area contributed by atoms with Crippen LogP contribution >= 0.6 is 12.4 Å². The Balaban J connectivity index is 0. The minimum Gasteiger partial charge on any atom is -0.291 e. The third kappa shape index (κ3) is 44.8. The van der Waals surface area contributed by atoms with Crippen LogP contribution in [0.15, 0.2) is 0 Å². The largest absolute Gasteiger partial charge is 0.336 e. The smallest absolute Gasteiger partial charge is 0.291 e. The number of halogens is 1. The fraction of sp³-hybridized carbons (Fsp3) is 0. The van der Waals surface area contributed by atoms with Crippen LogP contribution < -0.4 is 16.9 Å². The van der Waals surface area contributed by atoms with Crippen LogP contribution in [0, 0.1) is 0 Å². The molecule has 0 aliphatic carbocycles. The first-order valence-electron chi connectivity index (χ1n) is 0.866. The number of rotatable bonds is 0. The van der Waals surface area contributed by atoms with Gasteiger partial charge in [0.05, 0.1) is 0 Å². The summed E-state index contributed by atoms with van der Waals surface area (Å²) in [6.45, 7) is 0. The van der Waals surface area contributed by atoms with Crippen molar-refractivity contribution in [3.8, 4) is 0 Å². The van der Waals surface area contributed by atoms with Gasteiger partial charge in [0, 0.05) is 0 Å². The molecule has 0 bridgehead atoms. The molecule has 0 fully saturated rings. The lowest BCUT2D eigenvalue weighted by atomic mass is 11.1. The van der Waals surface area contributed by atoms with Crippen LogP contribution in [0.25, 0.3) is 0 Å². The quantitative estimate of drug-likeness (QED) is 0.229. The molecule has 0 unspecified atom stereocenters. The monoisotopic (exact) mass is 96.0 g/mol. The predicted molar refractivity (Wildman–Crippen MR) is 22.6 cm³/mol. The number of nitrogens with two attached hydrogens (primary N) is 3. The van der Waals surface area contributed by atoms with Crippen molar-refractivity contribution in [2.24, 2.45) is 11.5 Å². The standard InChI is InChI=1S/CH5N3.ClH/c2-1(3)4;/h(H5,2,3,4);1H/p+1. The van der Waals surface area contributed by atoms with Crippen LogP contribution in [0.3, 0.4) is 0 Å². The molecule has 5 heavy (non-hydrogen) atoms. The van der Waals surface area contributed by atoms with Gasteiger partial charge in [0.15, 0.2) is 0 Å². The molecule has 0 aromatic rings. The van der Waals surface area contributed by atoms with Crippen LogP contribution in [0.5, 0.6) is 0 Å². The van der Waals surface area contributed by atoms with Gasteiger partial charge in [-0.15, -0.1) is 12.4 Å². The molecule has 3 nitrogen and oxygen atoms in total. The molecule has 0 aromatic carbocycles. The Hall–Kier alpha value is -0.440. The molecule has 0 aliphatic rings. The van der Waals surface area contributed by atoms with Gasteiger partial charge in [0.2, 0.25) is 0 Å². The topological polar surface area (TPSA) is 77.6 Å². The van der Waals surface area contributed by atoms with Crippen molar-refractivity contribution in [2.45, 2.75) is 0 Å². The zero-order valence-electron chi connectivity index (χ0n) is 2.64. The van der Waals surface area contributed by atoms with Gasteiger partial charge in [-0.05, 0) is 0 Å². The summed E-state index contributed by atoms with van der Waals surface area (Å²) in [4.78, 5) is 0. The Morgan fingerprint density at radius 3 is 1.40 bits per heavy atom. The average Bonchev–Trinajstić information content (AvgIpc) is 0.811. The van der Waals surface area contributed by atoms with Gasteiger partial charge < -0.3 is 0 Å². The second-order valence-electron chi connectivity index (χ2n) is 0.500. The molecule has 0 aromatic heterocycles. The lowest BCUT2D eigenvalue weighted by Gasteiger charge is -1.59. The Morgan fingerprint density at radius 1 is 1.40 bits per heavy atom. The van der Waals surface area contributed by atoms with Gasteiger partial charge in [-0.3, -0.25) is 16.9 Å². The molecule has 0 spiro atoms. The Morgan fingerprint density at radius 2 is 1.40 bits per heavy atom. The molecule has 6 N–H and O–H groups in total. The van der Waals surface area contributed by atoms with Crippen molar-refractivity contribution >= 4 is 18.4 Å². The van der Waals surface area contributed by atoms with E-state index in [2.05, 4.69) is 16.9 Å². The molecule has 4 heteroatoms. The van der Waals surface area contributed by atoms with E-state index in [1.54, 1.807) is 0 Å². The predicted octanol–water partition coefficient (Wildman–Crippen LogP) is -2.56. The van der Waals surface area contributed by atoms with Gasteiger partial charge in [0.25, 0.3) is 0 Å². The Bertz CT molecular complexity index is 29.9. The van der Waals surface area contributed by atoms with E-state index in [1.165, 1.54) is 0 Å². The SMILES string of the molecule is Cl.NC(N)=[NH2+]. The van der Waals surface area contributed by atoms with Gasteiger partial charge in [-0.1, -0.05) is 0 Å². The fourth-order valence-corrected chi connectivity index (χ4v) is 0. The summed E-state index contributed by atoms with van der Waals surface area (Å²) < 4.78 is 0. The van der Waals surface area contributed by atoms with E-state index in [0.29, 0.717) is 0 Å². The second kappa shape index (κ2) is 3.56. The third-order valence-corrected chi connectivity index (χ3v) is 0. The van der Waals surface area contributed by atoms with E-state index in [-0.39, 0.29) is 18.4 Å². The number of hydrogen-bond donors (Lipinski definition) is 3. The zero-order chi connectivity index (χ0) is 3.58. The van der Waals surface area contributed by atoms with Crippen molar-refractivity contribution in [3.05, 3.63) is 0 Å². The van der Waals surface area contributed by atoms with Crippen molar-refractivity contribution < 1.29 is 5.41 Å². The highest BCUT2D eigenvalue weighted by molar-refractivity contribution is 5.85. The Kier molecular flexibility index (Phi) is 6.28. The van der Waals surface area contributed by atoms with Gasteiger partial charge >= 0.3 is 5.96 Å². The number of guanidine groups is 1. The summed E-state index contributed by atoms with van der Waals surface area (Å²) in [5, 5.41) is 4.58. The average molecular weight is 96.5 g/mol. The van der Waals surface area contributed by atoms with E-state index < -0.39 is 0 Å². The maximum Gasteiger partial charge on any atom is 0.336 e. The maximum absolute atomic E-state index is 4.58. The molecular weight excluding hydrogens is 89.5 g/mol. The van der Waals surface area contributed by atoms with E-state index in [0.717, 1.165) is 0 Å². The molecule has 0 heterocycles. The molecule has 32 valence electrons. The first-order valence-corrected chi connectivity index (χ1v) is 0.866. The van der Waals surface area contributed by atoms with Crippen LogP contribution in [0.2, 0.25) is 0 Å². The lowest BCUT2D eigenvalue weighted by Crippen LogP contribution is -2.51. The molecule has 0 saturated carbocycles. The summed E-state index contributed by atoms with van der Waals surface area (Å²) in [7, 11) is 0. The lowest BCUT2D eigenvalue weighted by molar-refractivity contribution is -0.116. The van der Waals surface area contributed by atoms with E-state index in [1.807, 2.05) is 0 Å². The van der Waals surface area contributed by atoms with Crippen molar-refractivity contribution in [1.29, 1.82) is 0 Å². The first-order chi connectivity index (χ1) is 1.73. The molecular formula is CH7ClN3+. The van der Waals surface area contributed by atoms with Gasteiger partial charge in [-0.2, -0.15) is 0 Å². The summed E-state index contributed by atoms with van der Waals surface area (Å²) in [5.74, 6) is -0.0833. The minimum absolute atomic E-state index is 0. The summed E-state index contributed by atoms with van der Waals surface area (Å²) in [5.41, 5.74) is 9.17. The maximum atomic E-state index is 4.58. The summed E-state index contributed by atoms with van der Waals surface area (Å²) in [6, 6.07) is 0. The molecule has 0 atom stereocenters. The number of hydrogen-bond acceptors (Lipinski definition) is 0. The van der Waals surface area contributed by atoms with E-state index in [4.69, 9.17) is 0 Å². The molecule has 0 aliphatic heterocycles. The Labute approximate surface area is 36.3 Å². The summed E-state index contributed by atoms with van der Waals surface area (Å²) in [6.07, 6.45) is 0. The van der Waals surface area contributed by atoms with Gasteiger partial charge in [-0.25, -0.2) is 0 Å². The van der Waals surface area contributed by atoms with Crippen LogP contribution in [-0.4, -0.2) is 5.96 Å². The minimum atomic E-state index is -0.0833. The van der Waals surface area contributed by atoms with E-state index in [9.17, 15) is 0 Å².